The van der Waals surface area contributed by atoms with Crippen molar-refractivity contribution in [2.75, 3.05) is 39.3 Å². The molecule has 0 unspecified atom stereocenters. The van der Waals surface area contributed by atoms with Gasteiger partial charge in [-0.2, -0.15) is 0 Å². The van der Waals surface area contributed by atoms with Crippen molar-refractivity contribution >= 4 is 0 Å². The van der Waals surface area contributed by atoms with E-state index in [1.54, 1.807) is 0 Å². The van der Waals surface area contributed by atoms with Crippen molar-refractivity contribution in [3.05, 3.63) is 0 Å². The Balaban J connectivity index is 1.95. The maximum absolute atomic E-state index is 14.8. The Kier molecular flexibility index (Phi) is 5.30. The van der Waals surface area contributed by atoms with Gasteiger partial charge in [0.1, 0.15) is 0 Å². The number of halogens is 2. The second-order valence-electron chi connectivity index (χ2n) is 8.06. The Labute approximate surface area is 128 Å². The molecule has 0 aliphatic carbocycles. The Morgan fingerprint density at radius 1 is 0.810 bits per heavy atom. The molecule has 0 aromatic carbocycles. The molecule has 0 saturated carbocycles. The summed E-state index contributed by atoms with van der Waals surface area (Å²) in [5.74, 6) is -1.44. The topological polar surface area (TPSA) is 6.48 Å². The summed E-state index contributed by atoms with van der Waals surface area (Å²) in [6.45, 7) is 12.9. The molecule has 2 heterocycles. The van der Waals surface area contributed by atoms with Crippen LogP contribution in [0.25, 0.3) is 0 Å². The van der Waals surface area contributed by atoms with Gasteiger partial charge in [0.15, 0.2) is 0 Å². The molecule has 0 aromatic heterocycles. The zero-order chi connectivity index (χ0) is 15.7. The van der Waals surface area contributed by atoms with E-state index >= 15 is 0 Å². The lowest BCUT2D eigenvalue weighted by Gasteiger charge is -2.51. The summed E-state index contributed by atoms with van der Waals surface area (Å²) >= 11 is 0. The number of hydrogen-bond donors (Lipinski definition) is 0. The van der Waals surface area contributed by atoms with Crippen molar-refractivity contribution in [1.29, 1.82) is 0 Å². The Morgan fingerprint density at radius 2 is 1.24 bits per heavy atom. The quantitative estimate of drug-likeness (QED) is 0.781. The molecule has 0 N–H and O–H groups in total. The van der Waals surface area contributed by atoms with E-state index in [0.29, 0.717) is 31.1 Å². The van der Waals surface area contributed by atoms with Gasteiger partial charge in [-0.15, -0.1) is 0 Å². The van der Waals surface area contributed by atoms with Crippen LogP contribution in [0.1, 0.15) is 47.0 Å². The molecule has 0 atom stereocenters. The third kappa shape index (κ3) is 3.95. The number of nitrogens with zero attached hydrogens (tertiary/aromatic N) is 2. The third-order valence-corrected chi connectivity index (χ3v) is 5.16. The summed E-state index contributed by atoms with van der Waals surface area (Å²) < 4.78 is 29.6. The minimum atomic E-state index is -2.52. The van der Waals surface area contributed by atoms with Gasteiger partial charge in [0.05, 0.1) is 6.54 Å². The van der Waals surface area contributed by atoms with Gasteiger partial charge in [-0.05, 0) is 50.7 Å². The van der Waals surface area contributed by atoms with Crippen molar-refractivity contribution in [2.24, 2.45) is 17.3 Å². The van der Waals surface area contributed by atoms with Gasteiger partial charge in [0, 0.05) is 18.5 Å². The molecule has 4 heteroatoms. The number of hydrogen-bond acceptors (Lipinski definition) is 2. The Hall–Kier alpha value is -0.220. The van der Waals surface area contributed by atoms with Gasteiger partial charge in [-0.1, -0.05) is 27.7 Å². The SMILES string of the molecule is CC(C)CN1CCC2(CC1)CCN(CC(C)C)CC2(F)F. The Bertz CT molecular complexity index is 325. The van der Waals surface area contributed by atoms with Crippen LogP contribution in [-0.2, 0) is 0 Å². The smallest absolute Gasteiger partial charge is 0.266 e. The molecular weight excluding hydrogens is 270 g/mol. The van der Waals surface area contributed by atoms with Gasteiger partial charge < -0.3 is 4.90 Å². The van der Waals surface area contributed by atoms with E-state index < -0.39 is 11.3 Å². The highest BCUT2D eigenvalue weighted by Gasteiger charge is 2.56. The van der Waals surface area contributed by atoms with Crippen molar-refractivity contribution in [3.8, 4) is 0 Å². The molecule has 1 spiro atoms. The first kappa shape index (κ1) is 17.1. The van der Waals surface area contributed by atoms with Gasteiger partial charge in [0.2, 0.25) is 0 Å². The molecule has 2 aliphatic heterocycles. The van der Waals surface area contributed by atoms with Crippen molar-refractivity contribution in [1.82, 2.24) is 9.80 Å². The normalized spacial score (nSPS) is 26.9. The molecule has 2 fully saturated rings. The molecule has 2 saturated heterocycles. The first-order valence-electron chi connectivity index (χ1n) is 8.57. The Morgan fingerprint density at radius 3 is 1.71 bits per heavy atom. The molecule has 2 rings (SSSR count). The zero-order valence-corrected chi connectivity index (χ0v) is 14.2. The summed E-state index contributed by atoms with van der Waals surface area (Å²) in [5, 5.41) is 0. The molecule has 0 aromatic rings. The van der Waals surface area contributed by atoms with E-state index in [-0.39, 0.29) is 6.54 Å². The van der Waals surface area contributed by atoms with Crippen molar-refractivity contribution in [3.63, 3.8) is 0 Å². The largest absolute Gasteiger partial charge is 0.303 e. The van der Waals surface area contributed by atoms with Crippen LogP contribution in [-0.4, -0.2) is 55.0 Å². The summed E-state index contributed by atoms with van der Waals surface area (Å²) in [4.78, 5) is 4.34. The summed E-state index contributed by atoms with van der Waals surface area (Å²) in [6.07, 6.45) is 2.01. The van der Waals surface area contributed by atoms with Crippen molar-refractivity contribution < 1.29 is 8.78 Å². The van der Waals surface area contributed by atoms with Crippen LogP contribution in [0.3, 0.4) is 0 Å². The standard InChI is InChI=1S/C17H32F2N2/c1-14(2)11-20-8-5-16(6-9-20)7-10-21(12-15(3)4)13-17(16,18)19/h14-15H,5-13H2,1-4H3. The van der Waals surface area contributed by atoms with E-state index in [1.807, 2.05) is 4.90 Å². The van der Waals surface area contributed by atoms with Gasteiger partial charge in [-0.3, -0.25) is 4.90 Å². The van der Waals surface area contributed by atoms with E-state index in [0.717, 1.165) is 32.7 Å². The first-order valence-corrected chi connectivity index (χ1v) is 8.57. The molecule has 21 heavy (non-hydrogen) atoms. The zero-order valence-electron chi connectivity index (χ0n) is 14.2. The van der Waals surface area contributed by atoms with Crippen molar-refractivity contribution in [2.45, 2.75) is 52.9 Å². The van der Waals surface area contributed by atoms with Crippen LogP contribution in [0.2, 0.25) is 0 Å². The number of rotatable bonds is 4. The van der Waals surface area contributed by atoms with Crippen LogP contribution in [0.4, 0.5) is 8.78 Å². The van der Waals surface area contributed by atoms with E-state index in [9.17, 15) is 8.78 Å². The number of piperidine rings is 2. The molecule has 0 radical (unpaired) electrons. The van der Waals surface area contributed by atoms with E-state index in [4.69, 9.17) is 0 Å². The van der Waals surface area contributed by atoms with Gasteiger partial charge in [0.25, 0.3) is 5.92 Å². The average Bonchev–Trinajstić information content (AvgIpc) is 2.34. The molecule has 0 amide bonds. The summed E-state index contributed by atoms with van der Waals surface area (Å²) in [7, 11) is 0. The van der Waals surface area contributed by atoms with Crippen LogP contribution in [0, 0.1) is 17.3 Å². The fraction of sp³-hybridized carbons (Fsp3) is 1.00. The van der Waals surface area contributed by atoms with Gasteiger partial charge >= 0.3 is 0 Å². The molecule has 0 bridgehead atoms. The van der Waals surface area contributed by atoms with Gasteiger partial charge in [-0.25, -0.2) is 8.78 Å². The molecule has 2 nitrogen and oxygen atoms in total. The molecule has 124 valence electrons. The lowest BCUT2D eigenvalue weighted by Crippen LogP contribution is -2.59. The fourth-order valence-electron chi connectivity index (χ4n) is 4.05. The summed E-state index contributed by atoms with van der Waals surface area (Å²) in [5.41, 5.74) is -0.728. The third-order valence-electron chi connectivity index (χ3n) is 5.16. The maximum atomic E-state index is 14.8. The predicted molar refractivity (Wildman–Crippen MR) is 83.8 cm³/mol. The van der Waals surface area contributed by atoms with Crippen LogP contribution < -0.4 is 0 Å². The molecular formula is C17H32F2N2. The highest BCUT2D eigenvalue weighted by molar-refractivity contribution is 5.01. The predicted octanol–water partition coefficient (Wildman–Crippen LogP) is 3.72. The van der Waals surface area contributed by atoms with Crippen LogP contribution in [0.5, 0.6) is 0 Å². The van der Waals surface area contributed by atoms with E-state index in [1.165, 1.54) is 0 Å². The lowest BCUT2D eigenvalue weighted by atomic mass is 9.68. The second kappa shape index (κ2) is 6.49. The number of alkyl halides is 2. The first-order chi connectivity index (χ1) is 9.74. The summed E-state index contributed by atoms with van der Waals surface area (Å²) in [6, 6.07) is 0. The second-order valence-corrected chi connectivity index (χ2v) is 8.06. The highest BCUT2D eigenvalue weighted by Crippen LogP contribution is 2.50. The van der Waals surface area contributed by atoms with Crippen LogP contribution in [0.15, 0.2) is 0 Å². The van der Waals surface area contributed by atoms with E-state index in [2.05, 4.69) is 32.6 Å². The minimum Gasteiger partial charge on any atom is -0.303 e. The molecule has 2 aliphatic rings. The number of likely N-dealkylation sites (tertiary alicyclic amines) is 2. The fourth-order valence-corrected chi connectivity index (χ4v) is 4.05. The highest BCUT2D eigenvalue weighted by atomic mass is 19.3. The monoisotopic (exact) mass is 302 g/mol. The maximum Gasteiger partial charge on any atom is 0.266 e. The minimum absolute atomic E-state index is 0.0324. The average molecular weight is 302 g/mol. The lowest BCUT2D eigenvalue weighted by molar-refractivity contribution is -0.188. The van der Waals surface area contributed by atoms with Crippen LogP contribution >= 0.6 is 0 Å².